The van der Waals surface area contributed by atoms with Crippen molar-refractivity contribution >= 4 is 5.91 Å². The van der Waals surface area contributed by atoms with Crippen molar-refractivity contribution in [2.24, 2.45) is 5.41 Å². The smallest absolute Gasteiger partial charge is 0.221 e. The normalized spacial score (nSPS) is 17.4. The zero-order valence-corrected chi connectivity index (χ0v) is 11.2. The SMILES string of the molecule is CC(C)(CCO)CNC(=O)CCN1CCCC1. The van der Waals surface area contributed by atoms with Gasteiger partial charge in [-0.3, -0.25) is 4.79 Å². The molecule has 1 amide bonds. The van der Waals surface area contributed by atoms with Gasteiger partial charge in [0, 0.05) is 26.1 Å². The number of rotatable bonds is 7. The Balaban J connectivity index is 2.11. The molecule has 0 saturated carbocycles. The van der Waals surface area contributed by atoms with Crippen LogP contribution >= 0.6 is 0 Å². The molecule has 1 fully saturated rings. The summed E-state index contributed by atoms with van der Waals surface area (Å²) in [4.78, 5) is 14.0. The van der Waals surface area contributed by atoms with Crippen LogP contribution in [0.2, 0.25) is 0 Å². The van der Waals surface area contributed by atoms with Crippen LogP contribution in [0.15, 0.2) is 0 Å². The summed E-state index contributed by atoms with van der Waals surface area (Å²) in [5, 5.41) is 11.8. The molecule has 100 valence electrons. The monoisotopic (exact) mass is 242 g/mol. The molecule has 1 saturated heterocycles. The number of nitrogens with one attached hydrogen (secondary N) is 1. The first-order valence-corrected chi connectivity index (χ1v) is 6.63. The molecule has 0 aromatic carbocycles. The molecule has 0 aromatic rings. The van der Waals surface area contributed by atoms with E-state index in [1.165, 1.54) is 12.8 Å². The van der Waals surface area contributed by atoms with E-state index in [1.54, 1.807) is 0 Å². The molecule has 0 unspecified atom stereocenters. The first-order valence-electron chi connectivity index (χ1n) is 6.63. The number of likely N-dealkylation sites (tertiary alicyclic amines) is 1. The number of hydrogen-bond acceptors (Lipinski definition) is 3. The quantitative estimate of drug-likeness (QED) is 0.700. The molecule has 0 aliphatic carbocycles. The molecule has 0 bridgehead atoms. The van der Waals surface area contributed by atoms with Crippen LogP contribution in [0, 0.1) is 5.41 Å². The van der Waals surface area contributed by atoms with Gasteiger partial charge in [0.2, 0.25) is 5.91 Å². The number of carbonyl (C=O) groups excluding carboxylic acids is 1. The maximum absolute atomic E-state index is 11.7. The van der Waals surface area contributed by atoms with E-state index in [-0.39, 0.29) is 17.9 Å². The van der Waals surface area contributed by atoms with Gasteiger partial charge in [0.15, 0.2) is 0 Å². The Hall–Kier alpha value is -0.610. The zero-order valence-electron chi connectivity index (χ0n) is 11.2. The lowest BCUT2D eigenvalue weighted by molar-refractivity contribution is -0.121. The van der Waals surface area contributed by atoms with Crippen LogP contribution < -0.4 is 5.32 Å². The fourth-order valence-electron chi connectivity index (χ4n) is 2.08. The second-order valence-electron chi connectivity index (χ2n) is 5.71. The summed E-state index contributed by atoms with van der Waals surface area (Å²) in [6.45, 7) is 8.11. The third-order valence-electron chi connectivity index (χ3n) is 3.41. The number of aliphatic hydroxyl groups is 1. The van der Waals surface area contributed by atoms with E-state index in [0.717, 1.165) is 26.1 Å². The summed E-state index contributed by atoms with van der Waals surface area (Å²) in [6, 6.07) is 0. The predicted molar refractivity (Wildman–Crippen MR) is 68.8 cm³/mol. The minimum Gasteiger partial charge on any atom is -0.396 e. The Labute approximate surface area is 104 Å². The highest BCUT2D eigenvalue weighted by atomic mass is 16.3. The van der Waals surface area contributed by atoms with Crippen LogP contribution in [0.4, 0.5) is 0 Å². The van der Waals surface area contributed by atoms with Gasteiger partial charge in [-0.15, -0.1) is 0 Å². The number of amides is 1. The van der Waals surface area contributed by atoms with Crippen LogP contribution in [0.5, 0.6) is 0 Å². The van der Waals surface area contributed by atoms with Gasteiger partial charge < -0.3 is 15.3 Å². The van der Waals surface area contributed by atoms with Crippen molar-refractivity contribution in [3.05, 3.63) is 0 Å². The molecule has 4 nitrogen and oxygen atoms in total. The third kappa shape index (κ3) is 6.03. The zero-order chi connectivity index (χ0) is 12.7. The number of nitrogens with zero attached hydrogens (tertiary/aromatic N) is 1. The Kier molecular flexibility index (Phi) is 5.92. The van der Waals surface area contributed by atoms with Crippen molar-refractivity contribution in [2.75, 3.05) is 32.8 Å². The maximum atomic E-state index is 11.7. The van der Waals surface area contributed by atoms with Crippen molar-refractivity contribution in [1.29, 1.82) is 0 Å². The first kappa shape index (κ1) is 14.5. The lowest BCUT2D eigenvalue weighted by Crippen LogP contribution is -2.36. The number of hydrogen-bond donors (Lipinski definition) is 2. The predicted octanol–water partition coefficient (Wildman–Crippen LogP) is 0.997. The highest BCUT2D eigenvalue weighted by Crippen LogP contribution is 2.17. The summed E-state index contributed by atoms with van der Waals surface area (Å²) >= 11 is 0. The Morgan fingerprint density at radius 2 is 2.00 bits per heavy atom. The molecule has 17 heavy (non-hydrogen) atoms. The molecule has 0 spiro atoms. The van der Waals surface area contributed by atoms with Crippen LogP contribution in [0.3, 0.4) is 0 Å². The topological polar surface area (TPSA) is 52.6 Å². The Bertz CT molecular complexity index is 236. The minimum absolute atomic E-state index is 0.0158. The molecule has 1 rings (SSSR count). The van der Waals surface area contributed by atoms with Gasteiger partial charge in [-0.25, -0.2) is 0 Å². The van der Waals surface area contributed by atoms with Gasteiger partial charge in [-0.05, 0) is 37.8 Å². The summed E-state index contributed by atoms with van der Waals surface area (Å²) in [7, 11) is 0. The van der Waals surface area contributed by atoms with Crippen molar-refractivity contribution in [2.45, 2.75) is 39.5 Å². The number of carbonyl (C=O) groups is 1. The summed E-state index contributed by atoms with van der Waals surface area (Å²) < 4.78 is 0. The van der Waals surface area contributed by atoms with Crippen LogP contribution in [0.1, 0.15) is 39.5 Å². The maximum Gasteiger partial charge on any atom is 0.221 e. The minimum atomic E-state index is -0.0158. The largest absolute Gasteiger partial charge is 0.396 e. The molecular formula is C13H26N2O2. The van der Waals surface area contributed by atoms with Gasteiger partial charge in [-0.1, -0.05) is 13.8 Å². The van der Waals surface area contributed by atoms with E-state index < -0.39 is 0 Å². The van der Waals surface area contributed by atoms with Crippen molar-refractivity contribution in [1.82, 2.24) is 10.2 Å². The lowest BCUT2D eigenvalue weighted by atomic mass is 9.90. The Morgan fingerprint density at radius 3 is 2.59 bits per heavy atom. The second-order valence-corrected chi connectivity index (χ2v) is 5.71. The molecule has 0 atom stereocenters. The second kappa shape index (κ2) is 6.97. The standard InChI is InChI=1S/C13H26N2O2/c1-13(2,6-10-16)11-14-12(17)5-9-15-7-3-4-8-15/h16H,3-11H2,1-2H3,(H,14,17). The fourth-order valence-corrected chi connectivity index (χ4v) is 2.08. The highest BCUT2D eigenvalue weighted by Gasteiger charge is 2.18. The molecule has 2 N–H and O–H groups in total. The third-order valence-corrected chi connectivity index (χ3v) is 3.41. The van der Waals surface area contributed by atoms with E-state index in [0.29, 0.717) is 13.0 Å². The molecular weight excluding hydrogens is 216 g/mol. The van der Waals surface area contributed by atoms with Crippen molar-refractivity contribution < 1.29 is 9.90 Å². The fraction of sp³-hybridized carbons (Fsp3) is 0.923. The van der Waals surface area contributed by atoms with Crippen LogP contribution in [0.25, 0.3) is 0 Å². The van der Waals surface area contributed by atoms with Gasteiger partial charge in [0.1, 0.15) is 0 Å². The van der Waals surface area contributed by atoms with Crippen LogP contribution in [-0.4, -0.2) is 48.7 Å². The average Bonchev–Trinajstić information content (AvgIpc) is 2.76. The molecule has 1 heterocycles. The van der Waals surface area contributed by atoms with Crippen molar-refractivity contribution in [3.8, 4) is 0 Å². The molecule has 4 heteroatoms. The Morgan fingerprint density at radius 1 is 1.35 bits per heavy atom. The summed E-state index contributed by atoms with van der Waals surface area (Å²) in [5.41, 5.74) is -0.0158. The molecule has 0 radical (unpaired) electrons. The van der Waals surface area contributed by atoms with E-state index >= 15 is 0 Å². The van der Waals surface area contributed by atoms with Gasteiger partial charge in [-0.2, -0.15) is 0 Å². The van der Waals surface area contributed by atoms with Crippen LogP contribution in [-0.2, 0) is 4.79 Å². The number of aliphatic hydroxyl groups excluding tert-OH is 1. The summed E-state index contributed by atoms with van der Waals surface area (Å²) in [6.07, 6.45) is 3.85. The lowest BCUT2D eigenvalue weighted by Gasteiger charge is -2.24. The molecule has 1 aliphatic rings. The van der Waals surface area contributed by atoms with Crippen molar-refractivity contribution in [3.63, 3.8) is 0 Å². The first-order chi connectivity index (χ1) is 8.03. The van der Waals surface area contributed by atoms with Gasteiger partial charge >= 0.3 is 0 Å². The van der Waals surface area contributed by atoms with Gasteiger partial charge in [0.05, 0.1) is 0 Å². The molecule has 1 aliphatic heterocycles. The van der Waals surface area contributed by atoms with Gasteiger partial charge in [0.25, 0.3) is 0 Å². The van der Waals surface area contributed by atoms with E-state index in [1.807, 2.05) is 0 Å². The van der Waals surface area contributed by atoms with E-state index in [4.69, 9.17) is 5.11 Å². The summed E-state index contributed by atoms with van der Waals surface area (Å²) in [5.74, 6) is 0.128. The average molecular weight is 242 g/mol. The molecule has 0 aromatic heterocycles. The van der Waals surface area contributed by atoms with E-state index in [9.17, 15) is 4.79 Å². The highest BCUT2D eigenvalue weighted by molar-refractivity contribution is 5.76. The van der Waals surface area contributed by atoms with E-state index in [2.05, 4.69) is 24.1 Å².